The molecule has 0 spiro atoms. The zero-order chi connectivity index (χ0) is 18.1. The van der Waals surface area contributed by atoms with Gasteiger partial charge >= 0.3 is 5.97 Å². The maximum Gasteiger partial charge on any atom is 0.326 e. The van der Waals surface area contributed by atoms with E-state index in [0.717, 1.165) is 5.56 Å². The molecule has 3 atom stereocenters. The van der Waals surface area contributed by atoms with Crippen LogP contribution in [0, 0.1) is 5.41 Å². The fourth-order valence-corrected chi connectivity index (χ4v) is 3.77. The Bertz CT molecular complexity index is 701. The molecule has 1 aliphatic heterocycles. The number of ether oxygens (including phenoxy) is 3. The summed E-state index contributed by atoms with van der Waals surface area (Å²) in [6, 6.07) is 9.24. The van der Waals surface area contributed by atoms with Crippen molar-refractivity contribution >= 4 is 17.5 Å². The van der Waals surface area contributed by atoms with Crippen LogP contribution in [0.2, 0.25) is 0 Å². The first-order chi connectivity index (χ1) is 12.1. The third kappa shape index (κ3) is 2.43. The molecule has 2 aliphatic rings. The van der Waals surface area contributed by atoms with E-state index < -0.39 is 23.2 Å². The monoisotopic (exact) mass is 345 g/mol. The zero-order valence-electron chi connectivity index (χ0n) is 14.8. The van der Waals surface area contributed by atoms with Crippen molar-refractivity contribution in [2.24, 2.45) is 10.4 Å². The first-order valence-corrected chi connectivity index (χ1v) is 8.70. The van der Waals surface area contributed by atoms with Crippen molar-refractivity contribution in [3.8, 4) is 0 Å². The first-order valence-electron chi connectivity index (χ1n) is 8.70. The molecule has 134 valence electrons. The van der Waals surface area contributed by atoms with Crippen molar-refractivity contribution in [2.75, 3.05) is 19.8 Å². The van der Waals surface area contributed by atoms with Crippen LogP contribution in [0.25, 0.3) is 0 Å². The molecule has 2 bridgehead atoms. The molecule has 25 heavy (non-hydrogen) atoms. The number of aliphatic imine (C=N–C) groups is 1. The Hall–Kier alpha value is -2.05. The summed E-state index contributed by atoms with van der Waals surface area (Å²) in [6.07, 6.45) is -0.409. The zero-order valence-corrected chi connectivity index (χ0v) is 14.8. The van der Waals surface area contributed by atoms with Gasteiger partial charge in [0, 0.05) is 19.6 Å². The first kappa shape index (κ1) is 17.8. The Morgan fingerprint density at radius 2 is 1.88 bits per heavy atom. The van der Waals surface area contributed by atoms with Gasteiger partial charge in [0.15, 0.2) is 5.41 Å². The van der Waals surface area contributed by atoms with Crippen molar-refractivity contribution in [1.29, 1.82) is 0 Å². The molecular weight excluding hydrogens is 322 g/mol. The molecule has 1 heterocycles. The van der Waals surface area contributed by atoms with Gasteiger partial charge in [-0.15, -0.1) is 0 Å². The van der Waals surface area contributed by atoms with Crippen LogP contribution in [-0.4, -0.2) is 49.1 Å². The van der Waals surface area contributed by atoms with Gasteiger partial charge in [-0.1, -0.05) is 30.3 Å². The van der Waals surface area contributed by atoms with E-state index in [2.05, 4.69) is 4.99 Å². The molecule has 0 aromatic heterocycles. The van der Waals surface area contributed by atoms with Crippen molar-refractivity contribution in [3.05, 3.63) is 35.9 Å². The highest BCUT2D eigenvalue weighted by Crippen LogP contribution is 2.54. The lowest BCUT2D eigenvalue weighted by molar-refractivity contribution is -0.159. The third-order valence-corrected chi connectivity index (χ3v) is 4.73. The number of carbonyl (C=O) groups is 2. The Kier molecular flexibility index (Phi) is 4.75. The fourth-order valence-electron chi connectivity index (χ4n) is 3.77. The summed E-state index contributed by atoms with van der Waals surface area (Å²) in [6.45, 7) is 6.25. The second-order valence-corrected chi connectivity index (χ2v) is 6.06. The van der Waals surface area contributed by atoms with Crippen LogP contribution < -0.4 is 0 Å². The molecule has 1 aliphatic carbocycles. The van der Waals surface area contributed by atoms with Crippen molar-refractivity contribution < 1.29 is 23.8 Å². The molecule has 3 rings (SSSR count). The van der Waals surface area contributed by atoms with E-state index in [9.17, 15) is 9.59 Å². The summed E-state index contributed by atoms with van der Waals surface area (Å²) in [5.41, 5.74) is -1.80. The topological polar surface area (TPSA) is 74.2 Å². The Morgan fingerprint density at radius 3 is 2.48 bits per heavy atom. The number of nitrogens with zero attached hydrogens (tertiary/aromatic N) is 1. The summed E-state index contributed by atoms with van der Waals surface area (Å²) >= 11 is 0. The minimum atomic E-state index is -1.47. The van der Waals surface area contributed by atoms with Crippen molar-refractivity contribution in [3.63, 3.8) is 0 Å². The van der Waals surface area contributed by atoms with Gasteiger partial charge in [-0.05, 0) is 26.3 Å². The lowest BCUT2D eigenvalue weighted by atomic mass is 9.78. The normalized spacial score (nSPS) is 30.4. The number of fused-ring (bicyclic) bond motifs is 2. The maximum atomic E-state index is 13.4. The molecule has 1 unspecified atom stereocenters. The summed E-state index contributed by atoms with van der Waals surface area (Å²) in [4.78, 5) is 30.9. The van der Waals surface area contributed by atoms with Gasteiger partial charge in [0.1, 0.15) is 6.10 Å². The number of hydrogen-bond donors (Lipinski definition) is 0. The Morgan fingerprint density at radius 1 is 1.16 bits per heavy atom. The van der Waals surface area contributed by atoms with Crippen molar-refractivity contribution in [2.45, 2.75) is 39.0 Å². The number of esters is 1. The smallest absolute Gasteiger partial charge is 0.326 e. The molecule has 1 aromatic rings. The second kappa shape index (κ2) is 6.69. The second-order valence-electron chi connectivity index (χ2n) is 6.06. The predicted octanol–water partition coefficient (Wildman–Crippen LogP) is 2.15. The number of rotatable bonds is 7. The Labute approximate surface area is 147 Å². The fraction of sp³-hybridized carbons (Fsp3) is 0.526. The average molecular weight is 345 g/mol. The van der Waals surface area contributed by atoms with E-state index in [4.69, 9.17) is 14.2 Å². The van der Waals surface area contributed by atoms with E-state index in [1.54, 1.807) is 13.8 Å². The lowest BCUT2D eigenvalue weighted by Crippen LogP contribution is -2.46. The molecule has 0 amide bonds. The number of carbonyl (C=O) groups excluding carboxylic acids is 2. The number of Topliss-reactive ketones (excluding diaryl/α,β-unsaturated/α-hetero) is 1. The highest BCUT2D eigenvalue weighted by Gasteiger charge is 2.75. The van der Waals surface area contributed by atoms with Gasteiger partial charge in [-0.2, -0.15) is 0 Å². The molecule has 0 radical (unpaired) electrons. The van der Waals surface area contributed by atoms with Gasteiger partial charge in [-0.25, -0.2) is 4.99 Å². The van der Waals surface area contributed by atoms with Crippen LogP contribution in [0.3, 0.4) is 0 Å². The van der Waals surface area contributed by atoms with Crippen LogP contribution in [0.1, 0.15) is 32.8 Å². The summed E-state index contributed by atoms with van der Waals surface area (Å²) < 4.78 is 16.8. The molecule has 0 saturated heterocycles. The third-order valence-electron chi connectivity index (χ3n) is 4.73. The quantitative estimate of drug-likeness (QED) is 0.559. The van der Waals surface area contributed by atoms with E-state index in [1.807, 2.05) is 37.3 Å². The highest BCUT2D eigenvalue weighted by molar-refractivity contribution is 6.35. The SMILES string of the molecule is CCOC(=O)[C@]12CC(OCC)[C@](OCC)(N=C1c1ccccc1)C2=O. The largest absolute Gasteiger partial charge is 0.465 e. The lowest BCUT2D eigenvalue weighted by Gasteiger charge is -2.31. The standard InChI is InChI=1S/C19H23NO5/c1-4-23-14-12-18(17(22)24-5-2)15(13-10-8-7-9-11-13)20-19(14,16(18)21)25-6-3/h7-11,14H,4-6,12H2,1-3H3/t14?,18-,19-/m1/s1. The van der Waals surface area contributed by atoms with Crippen molar-refractivity contribution in [1.82, 2.24) is 0 Å². The van der Waals surface area contributed by atoms with Gasteiger partial charge in [0.05, 0.1) is 12.3 Å². The molecular formula is C19H23NO5. The summed E-state index contributed by atoms with van der Waals surface area (Å²) in [5, 5.41) is 0. The molecule has 1 aromatic carbocycles. The predicted molar refractivity (Wildman–Crippen MR) is 91.4 cm³/mol. The number of hydrogen-bond acceptors (Lipinski definition) is 6. The number of benzene rings is 1. The average Bonchev–Trinajstić information content (AvgIpc) is 3.00. The Balaban J connectivity index is 2.17. The molecule has 6 nitrogen and oxygen atoms in total. The summed E-state index contributed by atoms with van der Waals surface area (Å²) in [7, 11) is 0. The van der Waals surface area contributed by atoms with E-state index in [0.29, 0.717) is 18.9 Å². The maximum absolute atomic E-state index is 13.4. The molecule has 6 heteroatoms. The van der Waals surface area contributed by atoms with Crippen LogP contribution >= 0.6 is 0 Å². The highest BCUT2D eigenvalue weighted by atomic mass is 16.6. The van der Waals surface area contributed by atoms with Gasteiger partial charge in [-0.3, -0.25) is 9.59 Å². The van der Waals surface area contributed by atoms with Crippen LogP contribution in [-0.2, 0) is 23.8 Å². The van der Waals surface area contributed by atoms with E-state index in [-0.39, 0.29) is 18.8 Å². The molecule has 1 saturated carbocycles. The van der Waals surface area contributed by atoms with Gasteiger partial charge in [0.25, 0.3) is 0 Å². The van der Waals surface area contributed by atoms with Crippen LogP contribution in [0.15, 0.2) is 35.3 Å². The summed E-state index contributed by atoms with van der Waals surface area (Å²) in [5.74, 6) is -0.955. The molecule has 1 fully saturated rings. The van der Waals surface area contributed by atoms with Gasteiger partial charge < -0.3 is 14.2 Å². The van der Waals surface area contributed by atoms with E-state index >= 15 is 0 Å². The van der Waals surface area contributed by atoms with Gasteiger partial charge in [0.2, 0.25) is 11.5 Å². The molecule has 0 N–H and O–H groups in total. The number of ketones is 1. The minimum absolute atomic E-state index is 0.187. The van der Waals surface area contributed by atoms with Crippen LogP contribution in [0.4, 0.5) is 0 Å². The van der Waals surface area contributed by atoms with Crippen LogP contribution in [0.5, 0.6) is 0 Å². The van der Waals surface area contributed by atoms with E-state index in [1.165, 1.54) is 0 Å². The minimum Gasteiger partial charge on any atom is -0.465 e.